The predicted octanol–water partition coefficient (Wildman–Crippen LogP) is 1.90. The molecule has 1 aliphatic rings. The van der Waals surface area contributed by atoms with Crippen molar-refractivity contribution in [3.05, 3.63) is 59.0 Å². The first-order valence-electron chi connectivity index (χ1n) is 6.96. The minimum absolute atomic E-state index is 0.0232. The zero-order valence-corrected chi connectivity index (χ0v) is 11.3. The van der Waals surface area contributed by atoms with Gasteiger partial charge in [0.1, 0.15) is 5.76 Å². The summed E-state index contributed by atoms with van der Waals surface area (Å²) >= 11 is 0. The first kappa shape index (κ1) is 12.9. The highest BCUT2D eigenvalue weighted by Crippen LogP contribution is 2.15. The van der Waals surface area contributed by atoms with Crippen molar-refractivity contribution in [3.63, 3.8) is 0 Å². The van der Waals surface area contributed by atoms with E-state index in [0.29, 0.717) is 13.0 Å². The molecule has 0 bridgehead atoms. The van der Waals surface area contributed by atoms with Gasteiger partial charge < -0.3 is 15.1 Å². The summed E-state index contributed by atoms with van der Waals surface area (Å²) in [5.74, 6) is 0.866. The summed E-state index contributed by atoms with van der Waals surface area (Å²) in [5, 5.41) is 6.25. The normalized spacial score (nSPS) is 13.8. The van der Waals surface area contributed by atoms with Gasteiger partial charge in [-0.05, 0) is 48.4 Å². The highest BCUT2D eigenvalue weighted by atomic mass is 16.3. The number of carbonyl (C=O) groups excluding carboxylic acids is 1. The second kappa shape index (κ2) is 5.92. The van der Waals surface area contributed by atoms with E-state index in [-0.39, 0.29) is 5.91 Å². The molecular weight excluding hydrogens is 252 g/mol. The SMILES string of the molecule is O=C(NCCc1ccco1)c1ccc2c(c1)CNCC2. The Hall–Kier alpha value is -2.07. The van der Waals surface area contributed by atoms with E-state index in [2.05, 4.69) is 16.7 Å². The zero-order chi connectivity index (χ0) is 13.8. The van der Waals surface area contributed by atoms with Crippen LogP contribution in [-0.2, 0) is 19.4 Å². The molecule has 0 radical (unpaired) electrons. The van der Waals surface area contributed by atoms with Crippen molar-refractivity contribution in [2.24, 2.45) is 0 Å². The van der Waals surface area contributed by atoms with Gasteiger partial charge in [-0.1, -0.05) is 6.07 Å². The van der Waals surface area contributed by atoms with Crippen LogP contribution in [0.1, 0.15) is 27.2 Å². The number of amides is 1. The smallest absolute Gasteiger partial charge is 0.251 e. The van der Waals surface area contributed by atoms with Crippen LogP contribution >= 0.6 is 0 Å². The second-order valence-electron chi connectivity index (χ2n) is 5.00. The van der Waals surface area contributed by atoms with Crippen LogP contribution in [0.5, 0.6) is 0 Å². The fourth-order valence-electron chi connectivity index (χ4n) is 2.48. The zero-order valence-electron chi connectivity index (χ0n) is 11.3. The van der Waals surface area contributed by atoms with Crippen molar-refractivity contribution >= 4 is 5.91 Å². The summed E-state index contributed by atoms with van der Waals surface area (Å²) in [6, 6.07) is 9.73. The molecule has 0 saturated carbocycles. The van der Waals surface area contributed by atoms with E-state index in [9.17, 15) is 4.79 Å². The molecule has 1 aromatic heterocycles. The molecule has 0 atom stereocenters. The number of benzene rings is 1. The van der Waals surface area contributed by atoms with Crippen molar-refractivity contribution < 1.29 is 9.21 Å². The number of fused-ring (bicyclic) bond motifs is 1. The van der Waals surface area contributed by atoms with Crippen LogP contribution in [0.3, 0.4) is 0 Å². The molecule has 4 nitrogen and oxygen atoms in total. The van der Waals surface area contributed by atoms with Crippen molar-refractivity contribution in [1.29, 1.82) is 0 Å². The van der Waals surface area contributed by atoms with Crippen LogP contribution < -0.4 is 10.6 Å². The lowest BCUT2D eigenvalue weighted by Crippen LogP contribution is -2.27. The summed E-state index contributed by atoms with van der Waals surface area (Å²) in [7, 11) is 0. The van der Waals surface area contributed by atoms with Gasteiger partial charge in [-0.3, -0.25) is 4.79 Å². The van der Waals surface area contributed by atoms with Gasteiger partial charge in [-0.15, -0.1) is 0 Å². The maximum atomic E-state index is 12.1. The maximum absolute atomic E-state index is 12.1. The molecule has 4 heteroatoms. The van der Waals surface area contributed by atoms with E-state index in [1.54, 1.807) is 6.26 Å². The quantitative estimate of drug-likeness (QED) is 0.892. The molecule has 1 aliphatic heterocycles. The molecule has 0 unspecified atom stereocenters. The van der Waals surface area contributed by atoms with Crippen LogP contribution in [0.25, 0.3) is 0 Å². The summed E-state index contributed by atoms with van der Waals surface area (Å²) in [5.41, 5.74) is 3.30. The molecular formula is C16H18N2O2. The number of rotatable bonds is 4. The van der Waals surface area contributed by atoms with Gasteiger partial charge in [0.2, 0.25) is 0 Å². The van der Waals surface area contributed by atoms with Gasteiger partial charge in [0.05, 0.1) is 6.26 Å². The van der Waals surface area contributed by atoms with E-state index in [4.69, 9.17) is 4.42 Å². The second-order valence-corrected chi connectivity index (χ2v) is 5.00. The Morgan fingerprint density at radius 3 is 3.10 bits per heavy atom. The standard InChI is InChI=1S/C16H18N2O2/c19-16(18-8-6-15-2-1-9-20-15)13-4-3-12-5-7-17-11-14(12)10-13/h1-4,9-10,17H,5-8,11H2,(H,18,19). The van der Waals surface area contributed by atoms with E-state index in [0.717, 1.165) is 30.8 Å². The molecule has 2 heterocycles. The monoisotopic (exact) mass is 270 g/mol. The van der Waals surface area contributed by atoms with Gasteiger partial charge in [0.15, 0.2) is 0 Å². The largest absolute Gasteiger partial charge is 0.469 e. The molecule has 1 amide bonds. The summed E-state index contributed by atoms with van der Waals surface area (Å²) in [4.78, 5) is 12.1. The fraction of sp³-hybridized carbons (Fsp3) is 0.312. The first-order valence-corrected chi connectivity index (χ1v) is 6.96. The lowest BCUT2D eigenvalue weighted by molar-refractivity contribution is 0.0953. The summed E-state index contributed by atoms with van der Waals surface area (Å²) in [6.07, 6.45) is 3.40. The molecule has 3 rings (SSSR count). The van der Waals surface area contributed by atoms with E-state index >= 15 is 0 Å². The Labute approximate surface area is 118 Å². The van der Waals surface area contributed by atoms with Crippen LogP contribution in [0, 0.1) is 0 Å². The average Bonchev–Trinajstić information content (AvgIpc) is 3.00. The highest BCUT2D eigenvalue weighted by molar-refractivity contribution is 5.94. The van der Waals surface area contributed by atoms with Crippen molar-refractivity contribution in [1.82, 2.24) is 10.6 Å². The lowest BCUT2D eigenvalue weighted by atomic mass is 9.98. The minimum Gasteiger partial charge on any atom is -0.469 e. The maximum Gasteiger partial charge on any atom is 0.251 e. The van der Waals surface area contributed by atoms with Crippen LogP contribution in [0.4, 0.5) is 0 Å². The Balaban J connectivity index is 1.59. The number of furan rings is 1. The van der Waals surface area contributed by atoms with Gasteiger partial charge in [0.25, 0.3) is 5.91 Å². The molecule has 2 N–H and O–H groups in total. The predicted molar refractivity (Wildman–Crippen MR) is 76.6 cm³/mol. The molecule has 104 valence electrons. The summed E-state index contributed by atoms with van der Waals surface area (Å²) in [6.45, 7) is 2.45. The van der Waals surface area contributed by atoms with Gasteiger partial charge in [0, 0.05) is 25.1 Å². The van der Waals surface area contributed by atoms with Gasteiger partial charge in [-0.25, -0.2) is 0 Å². The molecule has 2 aromatic rings. The number of hydrogen-bond donors (Lipinski definition) is 2. The van der Waals surface area contributed by atoms with Crippen molar-refractivity contribution in [3.8, 4) is 0 Å². The van der Waals surface area contributed by atoms with Gasteiger partial charge in [-0.2, -0.15) is 0 Å². The Morgan fingerprint density at radius 2 is 2.25 bits per heavy atom. The first-order chi connectivity index (χ1) is 9.83. The third kappa shape index (κ3) is 2.91. The third-order valence-electron chi connectivity index (χ3n) is 3.59. The number of hydrogen-bond acceptors (Lipinski definition) is 3. The molecule has 0 fully saturated rings. The molecule has 0 aliphatic carbocycles. The van der Waals surface area contributed by atoms with Crippen molar-refractivity contribution in [2.75, 3.05) is 13.1 Å². The average molecular weight is 270 g/mol. The molecule has 1 aromatic carbocycles. The van der Waals surface area contributed by atoms with Crippen LogP contribution in [0.2, 0.25) is 0 Å². The number of nitrogens with one attached hydrogen (secondary N) is 2. The van der Waals surface area contributed by atoms with Crippen LogP contribution in [0.15, 0.2) is 41.0 Å². The lowest BCUT2D eigenvalue weighted by Gasteiger charge is -2.17. The topological polar surface area (TPSA) is 54.3 Å². The Morgan fingerprint density at radius 1 is 1.30 bits per heavy atom. The van der Waals surface area contributed by atoms with E-state index in [1.165, 1.54) is 11.1 Å². The minimum atomic E-state index is -0.0232. The van der Waals surface area contributed by atoms with Gasteiger partial charge >= 0.3 is 0 Å². The molecule has 20 heavy (non-hydrogen) atoms. The Bertz CT molecular complexity index is 591. The van der Waals surface area contributed by atoms with E-state index in [1.807, 2.05) is 24.3 Å². The highest BCUT2D eigenvalue weighted by Gasteiger charge is 2.12. The number of carbonyl (C=O) groups is 1. The van der Waals surface area contributed by atoms with E-state index < -0.39 is 0 Å². The third-order valence-corrected chi connectivity index (χ3v) is 3.59. The molecule has 0 spiro atoms. The molecule has 0 saturated heterocycles. The fourth-order valence-corrected chi connectivity index (χ4v) is 2.48. The van der Waals surface area contributed by atoms with Crippen LogP contribution in [-0.4, -0.2) is 19.0 Å². The van der Waals surface area contributed by atoms with Crippen molar-refractivity contribution in [2.45, 2.75) is 19.4 Å². The Kier molecular flexibility index (Phi) is 3.83. The summed E-state index contributed by atoms with van der Waals surface area (Å²) < 4.78 is 5.24.